The van der Waals surface area contributed by atoms with Gasteiger partial charge in [0.1, 0.15) is 5.82 Å². The van der Waals surface area contributed by atoms with E-state index in [0.717, 1.165) is 32.0 Å². The van der Waals surface area contributed by atoms with Gasteiger partial charge in [-0.3, -0.25) is 4.90 Å². The summed E-state index contributed by atoms with van der Waals surface area (Å²) in [6.07, 6.45) is 3.76. The van der Waals surface area contributed by atoms with E-state index in [1.807, 2.05) is 6.92 Å². The number of guanidine groups is 1. The van der Waals surface area contributed by atoms with Crippen molar-refractivity contribution in [1.29, 1.82) is 5.26 Å². The number of hydrogen-bond donors (Lipinski definition) is 1. The van der Waals surface area contributed by atoms with Gasteiger partial charge in [-0.15, -0.1) is 24.0 Å². The van der Waals surface area contributed by atoms with Gasteiger partial charge in [0.25, 0.3) is 0 Å². The smallest absolute Gasteiger partial charge is 0.194 e. The van der Waals surface area contributed by atoms with Gasteiger partial charge in [0.05, 0.1) is 18.2 Å². The van der Waals surface area contributed by atoms with Crippen molar-refractivity contribution in [3.63, 3.8) is 0 Å². The van der Waals surface area contributed by atoms with Gasteiger partial charge in [-0.2, -0.15) is 5.26 Å². The molecule has 26 heavy (non-hydrogen) atoms. The Balaban J connectivity index is 0.00000243. The standard InChI is InChI=1S/C19H26FN5.HI/c1-2-22-19(23-13-16-11-15(12-21)5-6-18(16)20)25-10-7-17(14-25)24-8-3-4-9-24;/h5-6,11,17H,2-4,7-10,13-14H2,1H3,(H,22,23);1H. The van der Waals surface area contributed by atoms with Crippen LogP contribution in [0.1, 0.15) is 37.3 Å². The number of rotatable bonds is 4. The molecule has 2 heterocycles. The first-order chi connectivity index (χ1) is 12.2. The summed E-state index contributed by atoms with van der Waals surface area (Å²) in [4.78, 5) is 9.49. The molecule has 2 aliphatic rings. The molecular formula is C19H27FIN5. The molecule has 2 fully saturated rings. The van der Waals surface area contributed by atoms with E-state index in [4.69, 9.17) is 5.26 Å². The molecule has 0 saturated carbocycles. The summed E-state index contributed by atoms with van der Waals surface area (Å²) >= 11 is 0. The zero-order valence-electron chi connectivity index (χ0n) is 15.2. The minimum atomic E-state index is -0.310. The first kappa shape index (κ1) is 20.9. The van der Waals surface area contributed by atoms with Crippen molar-refractivity contribution in [2.45, 2.75) is 38.8 Å². The van der Waals surface area contributed by atoms with Crippen LogP contribution in [0.5, 0.6) is 0 Å². The van der Waals surface area contributed by atoms with E-state index in [1.54, 1.807) is 6.07 Å². The zero-order valence-corrected chi connectivity index (χ0v) is 17.6. The number of benzene rings is 1. The topological polar surface area (TPSA) is 54.7 Å². The zero-order chi connectivity index (χ0) is 17.6. The maximum absolute atomic E-state index is 14.0. The summed E-state index contributed by atoms with van der Waals surface area (Å²) in [7, 11) is 0. The van der Waals surface area contributed by atoms with Crippen molar-refractivity contribution >= 4 is 29.9 Å². The number of nitrogens with zero attached hydrogens (tertiary/aromatic N) is 4. The number of hydrogen-bond acceptors (Lipinski definition) is 3. The molecular weight excluding hydrogens is 444 g/mol. The van der Waals surface area contributed by atoms with Crippen LogP contribution in [0, 0.1) is 17.1 Å². The third-order valence-electron chi connectivity index (χ3n) is 5.03. The highest BCUT2D eigenvalue weighted by Crippen LogP contribution is 2.20. The SMILES string of the molecule is CCNC(=NCc1cc(C#N)ccc1F)N1CCC(N2CCCC2)C1.I. The molecule has 2 saturated heterocycles. The predicted octanol–water partition coefficient (Wildman–Crippen LogP) is 2.95. The second-order valence-corrected chi connectivity index (χ2v) is 6.72. The van der Waals surface area contributed by atoms with Gasteiger partial charge in [-0.05, 0) is 57.5 Å². The van der Waals surface area contributed by atoms with Gasteiger partial charge in [0.15, 0.2) is 5.96 Å². The maximum atomic E-state index is 14.0. The van der Waals surface area contributed by atoms with Gasteiger partial charge in [-0.25, -0.2) is 9.38 Å². The monoisotopic (exact) mass is 471 g/mol. The fourth-order valence-corrected chi connectivity index (χ4v) is 3.69. The Bertz CT molecular complexity index is 666. The molecule has 0 spiro atoms. The lowest BCUT2D eigenvalue weighted by molar-refractivity contribution is 0.249. The molecule has 142 valence electrons. The third kappa shape index (κ3) is 5.07. The van der Waals surface area contributed by atoms with Crippen molar-refractivity contribution in [2.75, 3.05) is 32.7 Å². The van der Waals surface area contributed by atoms with Crippen molar-refractivity contribution in [3.8, 4) is 6.07 Å². The van der Waals surface area contributed by atoms with Crippen LogP contribution in [0.3, 0.4) is 0 Å². The number of likely N-dealkylation sites (tertiary alicyclic amines) is 2. The van der Waals surface area contributed by atoms with Crippen LogP contribution in [0.25, 0.3) is 0 Å². The number of nitrogens with one attached hydrogen (secondary N) is 1. The third-order valence-corrected chi connectivity index (χ3v) is 5.03. The van der Waals surface area contributed by atoms with E-state index >= 15 is 0 Å². The van der Waals surface area contributed by atoms with Crippen molar-refractivity contribution in [3.05, 3.63) is 35.1 Å². The summed E-state index contributed by atoms with van der Waals surface area (Å²) < 4.78 is 14.0. The molecule has 0 amide bonds. The van der Waals surface area contributed by atoms with E-state index < -0.39 is 0 Å². The summed E-state index contributed by atoms with van der Waals surface area (Å²) in [5, 5.41) is 12.3. The number of halogens is 2. The highest BCUT2D eigenvalue weighted by molar-refractivity contribution is 14.0. The van der Waals surface area contributed by atoms with E-state index in [-0.39, 0.29) is 36.3 Å². The average molecular weight is 471 g/mol. The molecule has 1 N–H and O–H groups in total. The van der Waals surface area contributed by atoms with E-state index in [0.29, 0.717) is 17.2 Å². The fraction of sp³-hybridized carbons (Fsp3) is 0.579. The Morgan fingerprint density at radius 1 is 1.35 bits per heavy atom. The molecule has 7 heteroatoms. The Labute approximate surface area is 172 Å². The molecule has 0 radical (unpaired) electrons. The quantitative estimate of drug-likeness (QED) is 0.417. The van der Waals surface area contributed by atoms with Crippen molar-refractivity contribution in [1.82, 2.24) is 15.1 Å². The van der Waals surface area contributed by atoms with E-state index in [2.05, 4.69) is 26.2 Å². The summed E-state index contributed by atoms with van der Waals surface area (Å²) in [5.74, 6) is 0.529. The number of aliphatic imine (C=N–C) groups is 1. The van der Waals surface area contributed by atoms with E-state index in [1.165, 1.54) is 38.1 Å². The predicted molar refractivity (Wildman–Crippen MR) is 112 cm³/mol. The van der Waals surface area contributed by atoms with Crippen molar-refractivity contribution < 1.29 is 4.39 Å². The van der Waals surface area contributed by atoms with Crippen LogP contribution < -0.4 is 5.32 Å². The minimum absolute atomic E-state index is 0. The van der Waals surface area contributed by atoms with E-state index in [9.17, 15) is 4.39 Å². The minimum Gasteiger partial charge on any atom is -0.357 e. The molecule has 5 nitrogen and oxygen atoms in total. The summed E-state index contributed by atoms with van der Waals surface area (Å²) in [6.45, 7) is 7.44. The van der Waals surface area contributed by atoms with Crippen LogP contribution in [-0.4, -0.2) is 54.5 Å². The average Bonchev–Trinajstić information content (AvgIpc) is 3.31. The fourth-order valence-electron chi connectivity index (χ4n) is 3.69. The molecule has 0 aromatic heterocycles. The Kier molecular flexibility index (Phi) is 8.10. The first-order valence-electron chi connectivity index (χ1n) is 9.17. The Hall–Kier alpha value is -1.40. The first-order valence-corrected chi connectivity index (χ1v) is 9.17. The van der Waals surface area contributed by atoms with Crippen LogP contribution in [0.4, 0.5) is 4.39 Å². The lowest BCUT2D eigenvalue weighted by atomic mass is 10.1. The van der Waals surface area contributed by atoms with Crippen LogP contribution in [0.15, 0.2) is 23.2 Å². The van der Waals surface area contributed by atoms with Gasteiger partial charge >= 0.3 is 0 Å². The highest BCUT2D eigenvalue weighted by Gasteiger charge is 2.30. The molecule has 1 aromatic rings. The lowest BCUT2D eigenvalue weighted by Gasteiger charge is -2.25. The van der Waals surface area contributed by atoms with Gasteiger partial charge < -0.3 is 10.2 Å². The van der Waals surface area contributed by atoms with Crippen LogP contribution in [0.2, 0.25) is 0 Å². The second-order valence-electron chi connectivity index (χ2n) is 6.72. The largest absolute Gasteiger partial charge is 0.357 e. The maximum Gasteiger partial charge on any atom is 0.194 e. The van der Waals surface area contributed by atoms with Gasteiger partial charge in [0, 0.05) is 31.2 Å². The van der Waals surface area contributed by atoms with Gasteiger partial charge in [0.2, 0.25) is 0 Å². The second kappa shape index (κ2) is 10.1. The lowest BCUT2D eigenvalue weighted by Crippen LogP contribution is -2.42. The van der Waals surface area contributed by atoms with Gasteiger partial charge in [-0.1, -0.05) is 0 Å². The summed E-state index contributed by atoms with van der Waals surface area (Å²) in [6, 6.07) is 7.08. The molecule has 3 rings (SSSR count). The molecule has 1 atom stereocenters. The van der Waals surface area contributed by atoms with Crippen LogP contribution in [-0.2, 0) is 6.54 Å². The molecule has 2 aliphatic heterocycles. The summed E-state index contributed by atoms with van der Waals surface area (Å²) in [5.41, 5.74) is 0.927. The Morgan fingerprint density at radius 3 is 2.81 bits per heavy atom. The molecule has 1 unspecified atom stereocenters. The van der Waals surface area contributed by atoms with Crippen LogP contribution >= 0.6 is 24.0 Å². The van der Waals surface area contributed by atoms with Crippen molar-refractivity contribution in [2.24, 2.45) is 4.99 Å². The highest BCUT2D eigenvalue weighted by atomic mass is 127. The normalized spacial score (nSPS) is 20.7. The number of nitriles is 1. The molecule has 0 bridgehead atoms. The molecule has 1 aromatic carbocycles. The Morgan fingerprint density at radius 2 is 2.12 bits per heavy atom. The molecule has 0 aliphatic carbocycles.